The van der Waals surface area contributed by atoms with Gasteiger partial charge in [-0.15, -0.1) is 12.8 Å². The first-order chi connectivity index (χ1) is 14.6. The van der Waals surface area contributed by atoms with Crippen LogP contribution in [0, 0.1) is 0 Å². The Kier molecular flexibility index (Phi) is 65.6. The number of hydrogen-bond donors (Lipinski definition) is 3. The van der Waals surface area contributed by atoms with E-state index in [2.05, 4.69) is 13.8 Å². The number of aldehydes is 1. The van der Waals surface area contributed by atoms with Gasteiger partial charge in [0.25, 0.3) is 0 Å². The van der Waals surface area contributed by atoms with E-state index in [1.165, 1.54) is 50.7 Å². The van der Waals surface area contributed by atoms with Crippen LogP contribution >= 0.6 is 0 Å². The average molecular weight is 492 g/mol. The van der Waals surface area contributed by atoms with E-state index >= 15 is 0 Å². The second-order valence-electron chi connectivity index (χ2n) is 6.68. The molecule has 8 heteroatoms. The van der Waals surface area contributed by atoms with Crippen molar-refractivity contribution in [2.45, 2.75) is 105 Å². The number of carboxylic acids is 1. The minimum absolute atomic E-state index is 0. The largest absolute Gasteiger partial charge is 2.00 e. The number of hydrogen-bond acceptors (Lipinski definition) is 6. The van der Waals surface area contributed by atoms with Crippen LogP contribution in [0.3, 0.4) is 0 Å². The summed E-state index contributed by atoms with van der Waals surface area (Å²) in [5.74, 6) is -1.43. The summed E-state index contributed by atoms with van der Waals surface area (Å²) in [5, 5.41) is 23.5. The van der Waals surface area contributed by atoms with E-state index in [1.54, 1.807) is 40.3 Å². The molecule has 0 aromatic carbocycles. The molecule has 0 unspecified atom stereocenters. The standard InChI is InChI=1S/2C8H13O.2C3H8O.C2H2O3.Ti/c2*1-2-3-4-5-6-7-8-9;2*1-3(2)4;3-1-2(4)5;/h2*6-7H,2-5H2,1H3;2*3-4H,1-2H3;1H,(H,4,5);/q2*-1;;;;+2. The van der Waals surface area contributed by atoms with Gasteiger partial charge in [0.2, 0.25) is 6.29 Å². The predicted octanol–water partition coefficient (Wildman–Crippen LogP) is 4.51. The molecule has 0 aliphatic rings. The molecule has 0 atom stereocenters. The van der Waals surface area contributed by atoms with E-state index in [1.807, 2.05) is 12.2 Å². The molecular formula is C24H44O7Ti. The molecule has 0 aliphatic heterocycles. The van der Waals surface area contributed by atoms with Crippen molar-refractivity contribution < 1.29 is 56.2 Å². The number of rotatable bonds is 11. The molecular weight excluding hydrogens is 448 g/mol. The van der Waals surface area contributed by atoms with Crippen LogP contribution in [0.25, 0.3) is 0 Å². The van der Waals surface area contributed by atoms with E-state index < -0.39 is 5.97 Å². The maximum atomic E-state index is 9.63. The summed E-state index contributed by atoms with van der Waals surface area (Å²) < 4.78 is 0. The Morgan fingerprint density at radius 1 is 0.781 bits per heavy atom. The number of aliphatic hydroxyl groups excluding tert-OH is 2. The van der Waals surface area contributed by atoms with E-state index in [0.29, 0.717) is 0 Å². The molecule has 0 spiro atoms. The molecule has 0 aromatic heterocycles. The molecule has 32 heavy (non-hydrogen) atoms. The van der Waals surface area contributed by atoms with Gasteiger partial charge in [0.15, 0.2) is 0 Å². The summed E-state index contributed by atoms with van der Waals surface area (Å²) in [5.41, 5.74) is 0. The molecule has 0 radical (unpaired) electrons. The number of allylic oxidation sites excluding steroid dienone is 4. The van der Waals surface area contributed by atoms with Gasteiger partial charge in [-0.05, 0) is 40.3 Å². The van der Waals surface area contributed by atoms with E-state index in [0.717, 1.165) is 12.8 Å². The fraction of sp³-hybridized carbons (Fsp3) is 0.667. The van der Waals surface area contributed by atoms with Crippen molar-refractivity contribution in [1.82, 2.24) is 0 Å². The van der Waals surface area contributed by atoms with Gasteiger partial charge in [-0.2, -0.15) is 12.2 Å². The van der Waals surface area contributed by atoms with Gasteiger partial charge in [0.05, 0.1) is 0 Å². The normalized spacial score (nSPS) is 9.06. The summed E-state index contributed by atoms with van der Waals surface area (Å²) in [4.78, 5) is 37.2. The molecule has 186 valence electrons. The Labute approximate surface area is 210 Å². The zero-order chi connectivity index (χ0) is 25.3. The number of carbonyl (C=O) groups is 2. The number of unbranched alkanes of at least 4 members (excludes halogenated alkanes) is 6. The average Bonchev–Trinajstić information content (AvgIpc) is 2.68. The molecule has 0 amide bonds. The molecule has 0 saturated heterocycles. The topological polar surface area (TPSA) is 129 Å². The van der Waals surface area contributed by atoms with Gasteiger partial charge < -0.3 is 24.9 Å². The van der Waals surface area contributed by atoms with Crippen molar-refractivity contribution in [3.05, 3.63) is 24.3 Å². The first kappa shape index (κ1) is 44.3. The van der Waals surface area contributed by atoms with Crippen LogP contribution in [0.15, 0.2) is 24.3 Å². The Morgan fingerprint density at radius 3 is 1.19 bits per heavy atom. The predicted molar refractivity (Wildman–Crippen MR) is 126 cm³/mol. The van der Waals surface area contributed by atoms with Gasteiger partial charge >= 0.3 is 27.7 Å². The monoisotopic (exact) mass is 492 g/mol. The van der Waals surface area contributed by atoms with Crippen LogP contribution < -0.4 is 0 Å². The molecule has 0 rings (SSSR count). The van der Waals surface area contributed by atoms with Crippen LogP contribution in [0.5, 0.6) is 0 Å². The number of aliphatic carboxylic acids is 1. The van der Waals surface area contributed by atoms with Crippen molar-refractivity contribution in [1.29, 1.82) is 0 Å². The van der Waals surface area contributed by atoms with Crippen molar-refractivity contribution in [3.63, 3.8) is 0 Å². The summed E-state index contributed by atoms with van der Waals surface area (Å²) in [7, 11) is 0. The number of aliphatic hydroxyl groups is 2. The zero-order valence-electron chi connectivity index (χ0n) is 20.7. The van der Waals surface area contributed by atoms with Crippen LogP contribution in [0.4, 0.5) is 0 Å². The molecule has 0 aromatic rings. The first-order valence-corrected chi connectivity index (χ1v) is 10.7. The Bertz CT molecular complexity index is 385. The smallest absolute Gasteiger partial charge is 0.476 e. The van der Waals surface area contributed by atoms with Crippen LogP contribution in [-0.2, 0) is 40.9 Å². The third-order valence-corrected chi connectivity index (χ3v) is 2.42. The summed E-state index contributed by atoms with van der Waals surface area (Å²) in [6.07, 6.45) is 18.9. The number of carboxylic acid groups (broad SMARTS) is 1. The van der Waals surface area contributed by atoms with Gasteiger partial charge in [-0.1, -0.05) is 52.4 Å². The number of carbonyl (C=O) groups excluding carboxylic acids is 3. The molecule has 0 aliphatic carbocycles. The molecule has 0 heterocycles. The summed E-state index contributed by atoms with van der Waals surface area (Å²) in [6, 6.07) is 0. The Morgan fingerprint density at radius 2 is 1.03 bits per heavy atom. The van der Waals surface area contributed by atoms with Gasteiger partial charge in [-0.3, -0.25) is 4.79 Å². The van der Waals surface area contributed by atoms with Crippen LogP contribution in [0.1, 0.15) is 92.9 Å². The molecule has 7 nitrogen and oxygen atoms in total. The molecule has 0 fully saturated rings. The maximum absolute atomic E-state index is 9.63. The molecule has 0 saturated carbocycles. The van der Waals surface area contributed by atoms with Gasteiger partial charge in [-0.25, -0.2) is 16.9 Å². The molecule has 0 bridgehead atoms. The van der Waals surface area contributed by atoms with Gasteiger partial charge in [0.1, 0.15) is 0 Å². The van der Waals surface area contributed by atoms with Crippen molar-refractivity contribution in [2.75, 3.05) is 0 Å². The third kappa shape index (κ3) is 137. The second-order valence-corrected chi connectivity index (χ2v) is 6.68. The fourth-order valence-corrected chi connectivity index (χ4v) is 1.29. The van der Waals surface area contributed by atoms with Crippen LogP contribution in [-0.4, -0.2) is 52.4 Å². The first-order valence-electron chi connectivity index (χ1n) is 10.7. The fourth-order valence-electron chi connectivity index (χ4n) is 1.29. The molecule has 3 N–H and O–H groups in total. The minimum Gasteiger partial charge on any atom is -0.476 e. The Balaban J connectivity index is -0.0000000688. The maximum Gasteiger partial charge on any atom is 2.00 e. The summed E-state index contributed by atoms with van der Waals surface area (Å²) in [6.45, 7) is 11.2. The van der Waals surface area contributed by atoms with Crippen molar-refractivity contribution >= 4 is 24.8 Å². The third-order valence-electron chi connectivity index (χ3n) is 2.42. The van der Waals surface area contributed by atoms with Crippen LogP contribution in [0.2, 0.25) is 0 Å². The van der Waals surface area contributed by atoms with Crippen molar-refractivity contribution in [3.8, 4) is 0 Å². The Hall–Kier alpha value is -1.41. The SMILES string of the molecule is CC(C)O.CC(C)O.CCCCCC=C[C-]=O.CCCCCC=C[C-]=O.O=CC(=O)O.[Ti+2]. The minimum atomic E-state index is -1.43. The zero-order valence-corrected chi connectivity index (χ0v) is 22.2. The van der Waals surface area contributed by atoms with E-state index in [-0.39, 0.29) is 40.2 Å². The second kappa shape index (κ2) is 47.4. The van der Waals surface area contributed by atoms with Crippen molar-refractivity contribution in [2.24, 2.45) is 0 Å². The van der Waals surface area contributed by atoms with E-state index in [4.69, 9.17) is 24.9 Å². The quantitative estimate of drug-likeness (QED) is 0.0967. The summed E-state index contributed by atoms with van der Waals surface area (Å²) >= 11 is 0. The van der Waals surface area contributed by atoms with E-state index in [9.17, 15) is 9.59 Å². The van der Waals surface area contributed by atoms with Gasteiger partial charge in [0, 0.05) is 12.2 Å².